The SMILES string of the molecule is COCC1CC2(CCN(C(=O)c3ccoc3)CC2)CN1c1ncccn1.O=C(O)C(F)(F)F. The maximum Gasteiger partial charge on any atom is 0.490 e. The molecular weight excluding hydrogens is 445 g/mol. The van der Waals surface area contributed by atoms with Gasteiger partial charge in [0.05, 0.1) is 24.5 Å². The van der Waals surface area contributed by atoms with Crippen LogP contribution in [0.2, 0.25) is 0 Å². The van der Waals surface area contributed by atoms with Gasteiger partial charge in [-0.25, -0.2) is 14.8 Å². The Balaban J connectivity index is 0.000000383. The summed E-state index contributed by atoms with van der Waals surface area (Å²) in [4.78, 5) is 34.5. The number of furan rings is 1. The van der Waals surface area contributed by atoms with Crippen molar-refractivity contribution in [2.75, 3.05) is 38.3 Å². The largest absolute Gasteiger partial charge is 0.490 e. The molecule has 1 unspecified atom stereocenters. The van der Waals surface area contributed by atoms with E-state index < -0.39 is 12.1 Å². The number of hydrogen-bond acceptors (Lipinski definition) is 7. The monoisotopic (exact) mass is 470 g/mol. The van der Waals surface area contributed by atoms with E-state index in [1.165, 1.54) is 6.26 Å². The molecule has 0 bridgehead atoms. The molecule has 2 aromatic heterocycles. The van der Waals surface area contributed by atoms with Crippen molar-refractivity contribution in [3.8, 4) is 0 Å². The van der Waals surface area contributed by atoms with E-state index in [1.54, 1.807) is 31.8 Å². The molecule has 0 aromatic carbocycles. The third-order valence-corrected chi connectivity index (χ3v) is 5.91. The van der Waals surface area contributed by atoms with Gasteiger partial charge in [0.25, 0.3) is 5.91 Å². The Morgan fingerprint density at radius 1 is 1.27 bits per heavy atom. The number of piperidine rings is 1. The van der Waals surface area contributed by atoms with Crippen LogP contribution in [0.15, 0.2) is 41.5 Å². The summed E-state index contributed by atoms with van der Waals surface area (Å²) in [6.07, 6.45) is 4.56. The number of hydrogen-bond donors (Lipinski definition) is 1. The highest BCUT2D eigenvalue weighted by Gasteiger charge is 2.47. The van der Waals surface area contributed by atoms with E-state index in [4.69, 9.17) is 19.1 Å². The molecule has 1 spiro atoms. The van der Waals surface area contributed by atoms with Crippen molar-refractivity contribution in [1.29, 1.82) is 0 Å². The lowest BCUT2D eigenvalue weighted by molar-refractivity contribution is -0.192. The van der Waals surface area contributed by atoms with Gasteiger partial charge in [-0.3, -0.25) is 4.79 Å². The average molecular weight is 470 g/mol. The molecule has 33 heavy (non-hydrogen) atoms. The molecule has 0 saturated carbocycles. The normalized spacial score (nSPS) is 19.8. The van der Waals surface area contributed by atoms with Crippen molar-refractivity contribution < 1.29 is 37.0 Å². The number of methoxy groups -OCH3 is 1. The summed E-state index contributed by atoms with van der Waals surface area (Å²) in [7, 11) is 1.74. The molecule has 12 heteroatoms. The number of carbonyl (C=O) groups is 2. The maximum absolute atomic E-state index is 12.5. The zero-order valence-electron chi connectivity index (χ0n) is 18.0. The summed E-state index contributed by atoms with van der Waals surface area (Å²) in [5.41, 5.74) is 0.819. The number of carboxylic acids is 1. The molecule has 4 heterocycles. The first kappa shape index (κ1) is 24.5. The quantitative estimate of drug-likeness (QED) is 0.727. The van der Waals surface area contributed by atoms with E-state index >= 15 is 0 Å². The zero-order chi connectivity index (χ0) is 24.1. The summed E-state index contributed by atoms with van der Waals surface area (Å²) < 4.78 is 42.2. The number of anilines is 1. The Labute approximate surface area is 188 Å². The lowest BCUT2D eigenvalue weighted by Crippen LogP contribution is -2.44. The number of aromatic nitrogens is 2. The van der Waals surface area contributed by atoms with Crippen LogP contribution in [0.4, 0.5) is 19.1 Å². The number of ether oxygens (including phenoxy) is 1. The second kappa shape index (κ2) is 10.2. The molecule has 4 rings (SSSR count). The number of nitrogens with zero attached hydrogens (tertiary/aromatic N) is 4. The average Bonchev–Trinajstić information content (AvgIpc) is 3.44. The topological polar surface area (TPSA) is 109 Å². The minimum atomic E-state index is -5.08. The molecule has 0 aliphatic carbocycles. The highest BCUT2D eigenvalue weighted by molar-refractivity contribution is 5.93. The fraction of sp³-hybridized carbons (Fsp3) is 0.524. The van der Waals surface area contributed by atoms with Gasteiger partial charge in [-0.15, -0.1) is 0 Å². The van der Waals surface area contributed by atoms with Gasteiger partial charge >= 0.3 is 12.1 Å². The van der Waals surface area contributed by atoms with Crippen molar-refractivity contribution in [2.24, 2.45) is 5.41 Å². The summed E-state index contributed by atoms with van der Waals surface area (Å²) >= 11 is 0. The third-order valence-electron chi connectivity index (χ3n) is 5.91. The van der Waals surface area contributed by atoms with Crippen LogP contribution in [-0.2, 0) is 9.53 Å². The van der Waals surface area contributed by atoms with E-state index in [9.17, 15) is 18.0 Å². The van der Waals surface area contributed by atoms with Gasteiger partial charge in [-0.2, -0.15) is 13.2 Å². The standard InChI is InChI=1S/C19H24N4O3.C2HF3O2/c1-25-13-16-11-19(14-23(16)18-20-6-2-7-21-18)4-8-22(9-5-19)17(24)15-3-10-26-12-15;3-2(4,5)1(6)7/h2-3,6-7,10,12,16H,4-5,8-9,11,13-14H2,1H3;(H,6,7). The van der Waals surface area contributed by atoms with Crippen LogP contribution >= 0.6 is 0 Å². The molecule has 2 aliphatic heterocycles. The zero-order valence-corrected chi connectivity index (χ0v) is 18.0. The number of rotatable bonds is 4. The fourth-order valence-corrected chi connectivity index (χ4v) is 4.29. The molecule has 2 aliphatic rings. The van der Waals surface area contributed by atoms with E-state index in [-0.39, 0.29) is 17.4 Å². The van der Waals surface area contributed by atoms with Crippen LogP contribution < -0.4 is 4.90 Å². The number of amides is 1. The van der Waals surface area contributed by atoms with Gasteiger partial charge in [-0.05, 0) is 36.8 Å². The molecule has 2 saturated heterocycles. The Morgan fingerprint density at radius 2 is 1.91 bits per heavy atom. The number of likely N-dealkylation sites (tertiary alicyclic amines) is 1. The Kier molecular flexibility index (Phi) is 7.57. The lowest BCUT2D eigenvalue weighted by Gasteiger charge is -2.39. The minimum absolute atomic E-state index is 0.0586. The smallest absolute Gasteiger partial charge is 0.475 e. The van der Waals surface area contributed by atoms with E-state index in [1.807, 2.05) is 11.0 Å². The maximum atomic E-state index is 12.5. The van der Waals surface area contributed by atoms with Crippen molar-refractivity contribution in [1.82, 2.24) is 14.9 Å². The highest BCUT2D eigenvalue weighted by atomic mass is 19.4. The summed E-state index contributed by atoms with van der Waals surface area (Å²) in [5.74, 6) is -1.93. The van der Waals surface area contributed by atoms with Crippen molar-refractivity contribution in [3.63, 3.8) is 0 Å². The van der Waals surface area contributed by atoms with E-state index in [0.29, 0.717) is 12.2 Å². The third kappa shape index (κ3) is 6.01. The summed E-state index contributed by atoms with van der Waals surface area (Å²) in [5, 5.41) is 7.12. The number of carbonyl (C=O) groups excluding carboxylic acids is 1. The van der Waals surface area contributed by atoms with Gasteiger partial charge in [-0.1, -0.05) is 0 Å². The Morgan fingerprint density at radius 3 is 2.42 bits per heavy atom. The van der Waals surface area contributed by atoms with Gasteiger partial charge in [0.2, 0.25) is 5.95 Å². The number of halogens is 3. The van der Waals surface area contributed by atoms with Gasteiger partial charge in [0, 0.05) is 39.1 Å². The Bertz CT molecular complexity index is 916. The molecule has 0 radical (unpaired) electrons. The van der Waals surface area contributed by atoms with Gasteiger partial charge in [0.1, 0.15) is 6.26 Å². The molecule has 1 N–H and O–H groups in total. The van der Waals surface area contributed by atoms with Crippen LogP contribution in [0.3, 0.4) is 0 Å². The summed E-state index contributed by atoms with van der Waals surface area (Å²) in [6, 6.07) is 3.84. The molecule has 2 fully saturated rings. The first-order valence-electron chi connectivity index (χ1n) is 10.3. The molecule has 2 aromatic rings. The lowest BCUT2D eigenvalue weighted by atomic mass is 9.76. The van der Waals surface area contributed by atoms with E-state index in [2.05, 4.69) is 14.9 Å². The summed E-state index contributed by atoms with van der Waals surface area (Å²) in [6.45, 7) is 3.12. The van der Waals surface area contributed by atoms with E-state index in [0.717, 1.165) is 44.8 Å². The molecule has 1 atom stereocenters. The first-order chi connectivity index (χ1) is 15.6. The van der Waals surface area contributed by atoms with Crippen LogP contribution in [0.1, 0.15) is 29.6 Å². The second-order valence-corrected chi connectivity index (χ2v) is 8.10. The van der Waals surface area contributed by atoms with Crippen LogP contribution in [0, 0.1) is 5.41 Å². The van der Waals surface area contributed by atoms with Gasteiger partial charge < -0.3 is 24.1 Å². The van der Waals surface area contributed by atoms with Crippen LogP contribution in [0.25, 0.3) is 0 Å². The second-order valence-electron chi connectivity index (χ2n) is 8.10. The molecule has 9 nitrogen and oxygen atoms in total. The number of aliphatic carboxylic acids is 1. The fourth-order valence-electron chi connectivity index (χ4n) is 4.29. The molecule has 1 amide bonds. The van der Waals surface area contributed by atoms with Gasteiger partial charge in [0.15, 0.2) is 0 Å². The van der Waals surface area contributed by atoms with Crippen LogP contribution in [0.5, 0.6) is 0 Å². The predicted molar refractivity (Wildman–Crippen MR) is 110 cm³/mol. The molecular formula is C21H25F3N4O5. The predicted octanol–water partition coefficient (Wildman–Crippen LogP) is 2.85. The number of alkyl halides is 3. The highest BCUT2D eigenvalue weighted by Crippen LogP contribution is 2.44. The minimum Gasteiger partial charge on any atom is -0.475 e. The van der Waals surface area contributed by atoms with Crippen molar-refractivity contribution in [2.45, 2.75) is 31.5 Å². The Hall–Kier alpha value is -3.15. The number of carboxylic acid groups (broad SMARTS) is 1. The first-order valence-corrected chi connectivity index (χ1v) is 10.3. The van der Waals surface area contributed by atoms with Crippen molar-refractivity contribution >= 4 is 17.8 Å². The van der Waals surface area contributed by atoms with Crippen molar-refractivity contribution in [3.05, 3.63) is 42.6 Å². The van der Waals surface area contributed by atoms with Crippen LogP contribution in [-0.4, -0.2) is 77.4 Å². The molecule has 180 valence electrons.